The monoisotopic (exact) mass is 186 g/mol. The molecule has 2 fully saturated rings. The van der Waals surface area contributed by atoms with Gasteiger partial charge in [0, 0.05) is 23.9 Å². The molecule has 0 aromatic heterocycles. The third kappa shape index (κ3) is 1.50. The highest BCUT2D eigenvalue weighted by Crippen LogP contribution is 2.35. The van der Waals surface area contributed by atoms with Crippen molar-refractivity contribution in [3.63, 3.8) is 0 Å². The Hall–Kier alpha value is 0.270. The summed E-state index contributed by atoms with van der Waals surface area (Å²) in [5.41, 5.74) is 6.13. The molecule has 0 bridgehead atoms. The Morgan fingerprint density at radius 3 is 2.75 bits per heavy atom. The molecular weight excluding hydrogens is 168 g/mol. The van der Waals surface area contributed by atoms with Crippen LogP contribution < -0.4 is 11.1 Å². The lowest BCUT2D eigenvalue weighted by molar-refractivity contribution is 0.289. The Labute approximate surface area is 78.7 Å². The van der Waals surface area contributed by atoms with E-state index in [9.17, 15) is 0 Å². The van der Waals surface area contributed by atoms with Gasteiger partial charge in [-0.3, -0.25) is 0 Å². The SMILES string of the molecule is CC1CSCC1(CN)NC1CC1. The van der Waals surface area contributed by atoms with Crippen molar-refractivity contribution < 1.29 is 0 Å². The molecule has 2 nitrogen and oxygen atoms in total. The summed E-state index contributed by atoms with van der Waals surface area (Å²) in [4.78, 5) is 0. The Balaban J connectivity index is 2.00. The summed E-state index contributed by atoms with van der Waals surface area (Å²) in [6.45, 7) is 3.12. The van der Waals surface area contributed by atoms with Gasteiger partial charge in [0.25, 0.3) is 0 Å². The van der Waals surface area contributed by atoms with E-state index in [0.717, 1.165) is 18.5 Å². The lowest BCUT2D eigenvalue weighted by atomic mass is 9.88. The van der Waals surface area contributed by atoms with E-state index in [2.05, 4.69) is 12.2 Å². The number of hydrogen-bond donors (Lipinski definition) is 2. The second kappa shape index (κ2) is 3.20. The minimum Gasteiger partial charge on any atom is -0.329 e. The normalized spacial score (nSPS) is 42.0. The van der Waals surface area contributed by atoms with E-state index in [4.69, 9.17) is 5.73 Å². The summed E-state index contributed by atoms with van der Waals surface area (Å²) in [6.07, 6.45) is 2.72. The summed E-state index contributed by atoms with van der Waals surface area (Å²) in [5, 5.41) is 3.72. The van der Waals surface area contributed by atoms with Gasteiger partial charge in [-0.1, -0.05) is 6.92 Å². The van der Waals surface area contributed by atoms with Gasteiger partial charge in [0.05, 0.1) is 0 Å². The molecule has 2 atom stereocenters. The van der Waals surface area contributed by atoms with E-state index >= 15 is 0 Å². The molecule has 0 aromatic carbocycles. The van der Waals surface area contributed by atoms with Gasteiger partial charge in [-0.25, -0.2) is 0 Å². The highest BCUT2D eigenvalue weighted by atomic mass is 32.2. The van der Waals surface area contributed by atoms with Gasteiger partial charge in [-0.05, 0) is 24.5 Å². The molecule has 0 spiro atoms. The highest BCUT2D eigenvalue weighted by molar-refractivity contribution is 7.99. The van der Waals surface area contributed by atoms with Crippen LogP contribution in [0.2, 0.25) is 0 Å². The van der Waals surface area contributed by atoms with Gasteiger partial charge in [-0.2, -0.15) is 11.8 Å². The first kappa shape index (κ1) is 8.85. The summed E-state index contributed by atoms with van der Waals surface area (Å²) < 4.78 is 0. The molecule has 12 heavy (non-hydrogen) atoms. The van der Waals surface area contributed by atoms with Crippen LogP contribution in [0.3, 0.4) is 0 Å². The minimum atomic E-state index is 0.270. The minimum absolute atomic E-state index is 0.270. The van der Waals surface area contributed by atoms with Crippen LogP contribution in [0.4, 0.5) is 0 Å². The van der Waals surface area contributed by atoms with Crippen molar-refractivity contribution in [2.24, 2.45) is 11.7 Å². The fourth-order valence-corrected chi connectivity index (χ4v) is 3.50. The third-order valence-corrected chi connectivity index (χ3v) is 4.56. The fraction of sp³-hybridized carbons (Fsp3) is 1.00. The van der Waals surface area contributed by atoms with E-state index in [1.54, 1.807) is 0 Å². The first-order chi connectivity index (χ1) is 5.77. The van der Waals surface area contributed by atoms with Gasteiger partial charge < -0.3 is 11.1 Å². The molecule has 0 amide bonds. The second-order valence-electron chi connectivity index (χ2n) is 4.20. The zero-order chi connectivity index (χ0) is 8.60. The molecular formula is C9H18N2S. The van der Waals surface area contributed by atoms with Crippen LogP contribution in [-0.4, -0.2) is 29.6 Å². The molecule has 1 heterocycles. The second-order valence-corrected chi connectivity index (χ2v) is 5.23. The Morgan fingerprint density at radius 1 is 1.58 bits per heavy atom. The van der Waals surface area contributed by atoms with E-state index in [-0.39, 0.29) is 5.54 Å². The molecule has 70 valence electrons. The summed E-state index contributed by atoms with van der Waals surface area (Å²) >= 11 is 2.04. The lowest BCUT2D eigenvalue weighted by Crippen LogP contribution is -2.56. The van der Waals surface area contributed by atoms with Gasteiger partial charge in [-0.15, -0.1) is 0 Å². The van der Waals surface area contributed by atoms with Crippen LogP contribution >= 0.6 is 11.8 Å². The van der Waals surface area contributed by atoms with Crippen LogP contribution in [0, 0.1) is 5.92 Å². The number of hydrogen-bond acceptors (Lipinski definition) is 3. The molecule has 2 aliphatic rings. The first-order valence-corrected chi connectivity index (χ1v) is 5.98. The van der Waals surface area contributed by atoms with E-state index in [1.165, 1.54) is 24.3 Å². The third-order valence-electron chi connectivity index (χ3n) is 3.10. The summed E-state index contributed by atoms with van der Waals surface area (Å²) in [6, 6.07) is 0.787. The molecule has 1 saturated heterocycles. The molecule has 0 radical (unpaired) electrons. The molecule has 0 aromatic rings. The van der Waals surface area contributed by atoms with Crippen molar-refractivity contribution in [2.75, 3.05) is 18.1 Å². The lowest BCUT2D eigenvalue weighted by Gasteiger charge is -2.33. The molecule has 3 heteroatoms. The van der Waals surface area contributed by atoms with Crippen LogP contribution in [0.5, 0.6) is 0 Å². The van der Waals surface area contributed by atoms with Crippen molar-refractivity contribution in [1.29, 1.82) is 0 Å². The maximum absolute atomic E-state index is 5.86. The van der Waals surface area contributed by atoms with E-state index < -0.39 is 0 Å². The average Bonchev–Trinajstić information content (AvgIpc) is 2.79. The molecule has 2 unspecified atom stereocenters. The number of nitrogens with two attached hydrogens (primary N) is 1. The van der Waals surface area contributed by atoms with E-state index in [0.29, 0.717) is 0 Å². The standard InChI is InChI=1S/C9H18N2S/c1-7-4-12-6-9(7,5-10)11-8-2-3-8/h7-8,11H,2-6,10H2,1H3. The van der Waals surface area contributed by atoms with Crippen LogP contribution in [0.1, 0.15) is 19.8 Å². The molecule has 2 rings (SSSR count). The molecule has 1 aliphatic heterocycles. The zero-order valence-electron chi connectivity index (χ0n) is 7.68. The summed E-state index contributed by atoms with van der Waals surface area (Å²) in [7, 11) is 0. The fourth-order valence-electron chi connectivity index (χ4n) is 1.86. The van der Waals surface area contributed by atoms with Gasteiger partial charge >= 0.3 is 0 Å². The molecule has 3 N–H and O–H groups in total. The summed E-state index contributed by atoms with van der Waals surface area (Å²) in [5.74, 6) is 3.23. The van der Waals surface area contributed by atoms with E-state index in [1.807, 2.05) is 11.8 Å². The largest absolute Gasteiger partial charge is 0.329 e. The smallest absolute Gasteiger partial charge is 0.0431 e. The van der Waals surface area contributed by atoms with Crippen molar-refractivity contribution in [3.05, 3.63) is 0 Å². The Bertz CT molecular complexity index is 170. The molecule has 1 saturated carbocycles. The van der Waals surface area contributed by atoms with Crippen molar-refractivity contribution in [2.45, 2.75) is 31.3 Å². The van der Waals surface area contributed by atoms with Gasteiger partial charge in [0.15, 0.2) is 0 Å². The Kier molecular flexibility index (Phi) is 2.36. The van der Waals surface area contributed by atoms with Crippen molar-refractivity contribution >= 4 is 11.8 Å². The van der Waals surface area contributed by atoms with Crippen molar-refractivity contribution in [3.8, 4) is 0 Å². The van der Waals surface area contributed by atoms with Crippen LogP contribution in [0.15, 0.2) is 0 Å². The number of thioether (sulfide) groups is 1. The van der Waals surface area contributed by atoms with Gasteiger partial charge in [0.2, 0.25) is 0 Å². The first-order valence-electron chi connectivity index (χ1n) is 4.82. The average molecular weight is 186 g/mol. The number of nitrogens with one attached hydrogen (secondary N) is 1. The van der Waals surface area contributed by atoms with Crippen LogP contribution in [0.25, 0.3) is 0 Å². The van der Waals surface area contributed by atoms with Crippen molar-refractivity contribution in [1.82, 2.24) is 5.32 Å². The molecule has 1 aliphatic carbocycles. The number of rotatable bonds is 3. The van der Waals surface area contributed by atoms with Gasteiger partial charge in [0.1, 0.15) is 0 Å². The predicted molar refractivity (Wildman–Crippen MR) is 54.4 cm³/mol. The predicted octanol–water partition coefficient (Wildman–Crippen LogP) is 0.819. The quantitative estimate of drug-likeness (QED) is 0.685. The maximum Gasteiger partial charge on any atom is 0.0431 e. The Morgan fingerprint density at radius 2 is 2.33 bits per heavy atom. The maximum atomic E-state index is 5.86. The highest BCUT2D eigenvalue weighted by Gasteiger charge is 2.42. The topological polar surface area (TPSA) is 38.0 Å². The van der Waals surface area contributed by atoms with Crippen LogP contribution in [-0.2, 0) is 0 Å². The zero-order valence-corrected chi connectivity index (χ0v) is 8.49.